The average molecular weight is 309 g/mol. The Bertz CT molecular complexity index is 547. The molecular formula is C16H23NO3S. The van der Waals surface area contributed by atoms with Crippen LogP contribution in [-0.2, 0) is 11.4 Å². The molecule has 21 heavy (non-hydrogen) atoms. The minimum absolute atomic E-state index is 0.0386. The zero-order valence-electron chi connectivity index (χ0n) is 13.5. The summed E-state index contributed by atoms with van der Waals surface area (Å²) in [4.78, 5) is 11.6. The number of benzene rings is 1. The third-order valence-electron chi connectivity index (χ3n) is 2.93. The van der Waals surface area contributed by atoms with Gasteiger partial charge in [0.2, 0.25) is 0 Å². The van der Waals surface area contributed by atoms with Gasteiger partial charge in [0, 0.05) is 11.1 Å². The molecule has 1 rings (SSSR count). The number of hydrogen-bond acceptors (Lipinski definition) is 4. The monoisotopic (exact) mass is 309 g/mol. The number of ether oxygens (including phenoxy) is 1. The lowest BCUT2D eigenvalue weighted by Gasteiger charge is -2.18. The second kappa shape index (κ2) is 7.09. The van der Waals surface area contributed by atoms with Gasteiger partial charge in [0.15, 0.2) is 5.78 Å². The van der Waals surface area contributed by atoms with Crippen molar-refractivity contribution >= 4 is 23.4 Å². The van der Waals surface area contributed by atoms with Crippen LogP contribution in [0.4, 0.5) is 0 Å². The van der Waals surface area contributed by atoms with E-state index >= 15 is 0 Å². The van der Waals surface area contributed by atoms with Crippen LogP contribution in [0.3, 0.4) is 0 Å². The summed E-state index contributed by atoms with van der Waals surface area (Å²) >= 11 is -1.31. The number of ketones is 1. The first-order valence-electron chi connectivity index (χ1n) is 6.91. The number of rotatable bonds is 5. The second-order valence-corrected chi connectivity index (χ2v) is 7.68. The Morgan fingerprint density at radius 3 is 2.52 bits per heavy atom. The van der Waals surface area contributed by atoms with E-state index in [1.807, 2.05) is 34.6 Å². The van der Waals surface area contributed by atoms with Crippen molar-refractivity contribution in [3.05, 3.63) is 28.8 Å². The number of Topliss-reactive ketones (excluding diaryl/α,β-unsaturated/α-hetero) is 1. The van der Waals surface area contributed by atoms with Gasteiger partial charge in [0.05, 0.1) is 18.4 Å². The predicted octanol–water partition coefficient (Wildman–Crippen LogP) is 3.48. The minimum Gasteiger partial charge on any atom is -0.591 e. The van der Waals surface area contributed by atoms with Gasteiger partial charge in [0.25, 0.3) is 0 Å². The van der Waals surface area contributed by atoms with Crippen molar-refractivity contribution in [3.63, 3.8) is 0 Å². The van der Waals surface area contributed by atoms with Crippen molar-refractivity contribution in [3.8, 4) is 5.75 Å². The maximum atomic E-state index is 12.0. The van der Waals surface area contributed by atoms with E-state index in [2.05, 4.69) is 4.40 Å². The number of carbonyl (C=O) groups excluding carboxylic acids is 1. The standard InChI is InChI=1S/C16H23NO3S/c1-7-20-15-11(2)13(8-9-14(15)12(3)18)10-17-21(19)16(4,5)6/h8-10H,7H2,1-6H3/b17-10+. The summed E-state index contributed by atoms with van der Waals surface area (Å²) in [6, 6.07) is 3.53. The highest BCUT2D eigenvalue weighted by molar-refractivity contribution is 7.91. The van der Waals surface area contributed by atoms with E-state index < -0.39 is 16.1 Å². The average Bonchev–Trinajstić information content (AvgIpc) is 2.38. The molecule has 1 aromatic carbocycles. The lowest BCUT2D eigenvalue weighted by atomic mass is 10.0. The van der Waals surface area contributed by atoms with Gasteiger partial charge in [0.1, 0.15) is 21.9 Å². The van der Waals surface area contributed by atoms with Crippen LogP contribution in [0.2, 0.25) is 0 Å². The molecule has 0 saturated carbocycles. The molecule has 1 unspecified atom stereocenters. The molecule has 0 aliphatic heterocycles. The molecule has 0 spiro atoms. The zero-order chi connectivity index (χ0) is 16.2. The third kappa shape index (κ3) is 4.58. The molecule has 0 aliphatic carbocycles. The molecule has 0 bridgehead atoms. The Kier molecular flexibility index (Phi) is 5.98. The van der Waals surface area contributed by atoms with Crippen molar-refractivity contribution < 1.29 is 14.1 Å². The Morgan fingerprint density at radius 1 is 1.43 bits per heavy atom. The molecule has 0 heterocycles. The lowest BCUT2D eigenvalue weighted by molar-refractivity contribution is 0.101. The Morgan fingerprint density at radius 2 is 2.05 bits per heavy atom. The summed E-state index contributed by atoms with van der Waals surface area (Å²) in [5, 5.41) is 0. The molecule has 0 N–H and O–H groups in total. The summed E-state index contributed by atoms with van der Waals surface area (Å²) in [6.45, 7) is 11.4. The number of nitrogens with zero attached hydrogens (tertiary/aromatic N) is 1. The topological polar surface area (TPSA) is 61.7 Å². The second-order valence-electron chi connectivity index (χ2n) is 5.74. The summed E-state index contributed by atoms with van der Waals surface area (Å²) < 4.78 is 21.3. The molecule has 0 aromatic heterocycles. The largest absolute Gasteiger partial charge is 0.591 e. The lowest BCUT2D eigenvalue weighted by Crippen LogP contribution is -2.25. The van der Waals surface area contributed by atoms with E-state index in [1.54, 1.807) is 18.3 Å². The fraction of sp³-hybridized carbons (Fsp3) is 0.500. The van der Waals surface area contributed by atoms with Crippen LogP contribution in [-0.4, -0.2) is 27.9 Å². The fourth-order valence-corrected chi connectivity index (χ4v) is 2.24. The summed E-state index contributed by atoms with van der Waals surface area (Å²) in [6.07, 6.45) is 1.59. The summed E-state index contributed by atoms with van der Waals surface area (Å²) in [5.74, 6) is 0.541. The first-order valence-corrected chi connectivity index (χ1v) is 8.02. The molecule has 4 nitrogen and oxygen atoms in total. The Labute approximate surface area is 129 Å². The van der Waals surface area contributed by atoms with Crippen LogP contribution in [0.15, 0.2) is 16.5 Å². The van der Waals surface area contributed by atoms with Crippen molar-refractivity contribution in [2.45, 2.75) is 46.3 Å². The van der Waals surface area contributed by atoms with Gasteiger partial charge in [-0.15, -0.1) is 0 Å². The van der Waals surface area contributed by atoms with Crippen molar-refractivity contribution in [1.82, 2.24) is 0 Å². The summed E-state index contributed by atoms with van der Waals surface area (Å²) in [5.41, 5.74) is 2.20. The third-order valence-corrected chi connectivity index (χ3v) is 4.27. The fourth-order valence-electron chi connectivity index (χ4n) is 1.72. The van der Waals surface area contributed by atoms with Crippen molar-refractivity contribution in [2.75, 3.05) is 6.61 Å². The van der Waals surface area contributed by atoms with E-state index in [0.717, 1.165) is 11.1 Å². The molecule has 0 radical (unpaired) electrons. The molecule has 0 fully saturated rings. The van der Waals surface area contributed by atoms with E-state index in [-0.39, 0.29) is 5.78 Å². The molecular weight excluding hydrogens is 286 g/mol. The molecule has 116 valence electrons. The van der Waals surface area contributed by atoms with Crippen molar-refractivity contribution in [1.29, 1.82) is 0 Å². The molecule has 0 aliphatic rings. The van der Waals surface area contributed by atoms with E-state index in [1.165, 1.54) is 6.92 Å². The van der Waals surface area contributed by atoms with Crippen LogP contribution < -0.4 is 4.74 Å². The van der Waals surface area contributed by atoms with E-state index in [9.17, 15) is 9.35 Å². The maximum absolute atomic E-state index is 12.0. The van der Waals surface area contributed by atoms with Gasteiger partial charge in [-0.2, -0.15) is 0 Å². The smallest absolute Gasteiger partial charge is 0.163 e. The van der Waals surface area contributed by atoms with E-state index in [0.29, 0.717) is 17.9 Å². The molecule has 0 amide bonds. The minimum atomic E-state index is -1.31. The molecule has 0 saturated heterocycles. The van der Waals surface area contributed by atoms with Gasteiger partial charge in [-0.25, -0.2) is 0 Å². The van der Waals surface area contributed by atoms with Gasteiger partial charge in [-0.05, 0) is 47.6 Å². The normalized spacial score (nSPS) is 13.5. The summed E-state index contributed by atoms with van der Waals surface area (Å²) in [7, 11) is 0. The van der Waals surface area contributed by atoms with Crippen molar-refractivity contribution in [2.24, 2.45) is 4.40 Å². The first-order chi connectivity index (χ1) is 9.68. The maximum Gasteiger partial charge on any atom is 0.163 e. The first kappa shape index (κ1) is 17.7. The Balaban J connectivity index is 3.19. The number of hydrogen-bond donors (Lipinski definition) is 0. The predicted molar refractivity (Wildman–Crippen MR) is 87.8 cm³/mol. The highest BCUT2D eigenvalue weighted by atomic mass is 32.2. The highest BCUT2D eigenvalue weighted by Gasteiger charge is 2.26. The quantitative estimate of drug-likeness (QED) is 0.475. The van der Waals surface area contributed by atoms with Crippen LogP contribution >= 0.6 is 0 Å². The van der Waals surface area contributed by atoms with Gasteiger partial charge in [-0.3, -0.25) is 4.79 Å². The van der Waals surface area contributed by atoms with Gasteiger partial charge in [-0.1, -0.05) is 10.5 Å². The van der Waals surface area contributed by atoms with Gasteiger partial charge < -0.3 is 9.29 Å². The number of carbonyl (C=O) groups is 1. The SMILES string of the molecule is CCOc1c(C(C)=O)ccc(/C=N/[S+]([O-])C(C)(C)C)c1C. The van der Waals surface area contributed by atoms with Crippen LogP contribution in [0.5, 0.6) is 5.75 Å². The zero-order valence-corrected chi connectivity index (χ0v) is 14.3. The Hall–Kier alpha value is -1.33. The molecule has 1 atom stereocenters. The molecule has 5 heteroatoms. The van der Waals surface area contributed by atoms with Crippen LogP contribution in [0.25, 0.3) is 0 Å². The molecule has 1 aromatic rings. The van der Waals surface area contributed by atoms with E-state index in [4.69, 9.17) is 4.74 Å². The van der Waals surface area contributed by atoms with Crippen LogP contribution in [0, 0.1) is 6.92 Å². The highest BCUT2D eigenvalue weighted by Crippen LogP contribution is 2.27. The van der Waals surface area contributed by atoms with Gasteiger partial charge >= 0.3 is 0 Å². The van der Waals surface area contributed by atoms with Crippen LogP contribution in [0.1, 0.15) is 56.1 Å².